The molecule has 0 spiro atoms. The summed E-state index contributed by atoms with van der Waals surface area (Å²) >= 11 is 7.54. The Kier molecular flexibility index (Phi) is 7.83. The number of esters is 1. The summed E-state index contributed by atoms with van der Waals surface area (Å²) < 4.78 is 50.3. The van der Waals surface area contributed by atoms with Crippen LogP contribution in [0.3, 0.4) is 0 Å². The van der Waals surface area contributed by atoms with Gasteiger partial charge in [-0.1, -0.05) is 23.7 Å². The van der Waals surface area contributed by atoms with Crippen molar-refractivity contribution in [3.05, 3.63) is 62.5 Å². The number of amidine groups is 1. The molecule has 15 heteroatoms. The Labute approximate surface area is 247 Å². The van der Waals surface area contributed by atoms with Crippen molar-refractivity contribution in [1.29, 1.82) is 0 Å². The van der Waals surface area contributed by atoms with E-state index in [9.17, 15) is 23.9 Å². The van der Waals surface area contributed by atoms with E-state index >= 15 is 8.78 Å². The highest BCUT2D eigenvalue weighted by atomic mass is 35.5. The second-order valence-corrected chi connectivity index (χ2v) is 12.3. The Bertz CT molecular complexity index is 1500. The number of nitrogens with zero attached hydrogens (tertiary/aromatic N) is 4. The van der Waals surface area contributed by atoms with Crippen LogP contribution in [0.5, 0.6) is 0 Å². The largest absolute Gasteiger partial charge is 0.481 e. The van der Waals surface area contributed by atoms with Gasteiger partial charge in [0.2, 0.25) is 5.91 Å². The van der Waals surface area contributed by atoms with Crippen molar-refractivity contribution in [2.45, 2.75) is 31.9 Å². The molecule has 3 aliphatic heterocycles. The van der Waals surface area contributed by atoms with Crippen LogP contribution in [0, 0.1) is 17.2 Å². The quantitative estimate of drug-likeness (QED) is 0.428. The maximum atomic E-state index is 15.4. The number of hydrogen-bond donors (Lipinski definition) is 2. The zero-order valence-electron chi connectivity index (χ0n) is 22.7. The number of aliphatic imine (C=N–C) groups is 1. The molecule has 2 aromatic rings. The van der Waals surface area contributed by atoms with E-state index in [1.54, 1.807) is 5.38 Å². The lowest BCUT2D eigenvalue weighted by Crippen LogP contribution is -2.45. The highest BCUT2D eigenvalue weighted by Crippen LogP contribution is 2.45. The van der Waals surface area contributed by atoms with Crippen LogP contribution in [-0.2, 0) is 19.1 Å². The molecule has 2 fully saturated rings. The number of rotatable bonds is 8. The molecule has 0 bridgehead atoms. The molecule has 0 radical (unpaired) electrons. The van der Waals surface area contributed by atoms with Gasteiger partial charge in [0.25, 0.3) is 5.92 Å². The number of ether oxygens (including phenoxy) is 1. The van der Waals surface area contributed by atoms with Crippen molar-refractivity contribution in [2.75, 3.05) is 33.3 Å². The van der Waals surface area contributed by atoms with Crippen LogP contribution in [0.2, 0.25) is 5.02 Å². The number of carboxylic acids is 1. The summed E-state index contributed by atoms with van der Waals surface area (Å²) in [6, 6.07) is 1.94. The fourth-order valence-corrected chi connectivity index (χ4v) is 6.41. The summed E-state index contributed by atoms with van der Waals surface area (Å²) in [4.78, 5) is 49.4. The van der Waals surface area contributed by atoms with Gasteiger partial charge in [-0.15, -0.1) is 11.3 Å². The van der Waals surface area contributed by atoms with Crippen LogP contribution in [0.4, 0.5) is 13.2 Å². The monoisotopic (exact) mass is 625 g/mol. The van der Waals surface area contributed by atoms with Gasteiger partial charge in [-0.05, 0) is 19.9 Å². The Balaban J connectivity index is 1.55. The minimum Gasteiger partial charge on any atom is -0.481 e. The topological polar surface area (TPSA) is 124 Å². The number of thiazole rings is 1. The van der Waals surface area contributed by atoms with Crippen molar-refractivity contribution < 1.29 is 37.4 Å². The highest BCUT2D eigenvalue weighted by Gasteiger charge is 2.63. The van der Waals surface area contributed by atoms with E-state index in [2.05, 4.69) is 15.3 Å². The Morgan fingerprint density at radius 2 is 2.07 bits per heavy atom. The van der Waals surface area contributed by atoms with Crippen molar-refractivity contribution >= 4 is 46.6 Å². The normalized spacial score (nSPS) is 24.0. The third-order valence-electron chi connectivity index (χ3n) is 7.68. The molecule has 2 saturated heterocycles. The van der Waals surface area contributed by atoms with Crippen LogP contribution in [0.1, 0.15) is 30.5 Å². The van der Waals surface area contributed by atoms with E-state index in [4.69, 9.17) is 16.3 Å². The van der Waals surface area contributed by atoms with Gasteiger partial charge in [0.05, 0.1) is 29.7 Å². The smallest absolute Gasteiger partial charge is 0.338 e. The standard InChI is InChI=1S/C27H27ClF3N5O5S/c1-26(2,25(39)40)11-36-10-16-18(23(36)37)27(30,31)12-35(16)9-15-17(24(38)41-3)20(13-5-4-6-14(29)19(13)28)34-21(33-15)22-32-7-8-42-22/h4-8,16,18,20H,9-12H2,1-3H3,(H,33,34)(H,39,40). The molecule has 3 unspecified atom stereocenters. The van der Waals surface area contributed by atoms with Gasteiger partial charge >= 0.3 is 11.9 Å². The van der Waals surface area contributed by atoms with E-state index in [0.29, 0.717) is 5.01 Å². The molecular weight excluding hydrogens is 599 g/mol. The van der Waals surface area contributed by atoms with Crippen molar-refractivity contribution in [2.24, 2.45) is 16.3 Å². The number of halogens is 4. The lowest BCUT2D eigenvalue weighted by atomic mass is 9.93. The molecular formula is C27H27ClF3N5O5S. The predicted molar refractivity (Wildman–Crippen MR) is 147 cm³/mol. The number of aliphatic carboxylic acids is 1. The fraction of sp³-hybridized carbons (Fsp3) is 0.444. The summed E-state index contributed by atoms with van der Waals surface area (Å²) in [6.07, 6.45) is 1.54. The van der Waals surface area contributed by atoms with E-state index in [1.807, 2.05) is 0 Å². The fourth-order valence-electron chi connectivity index (χ4n) is 5.60. The van der Waals surface area contributed by atoms with Gasteiger partial charge < -0.3 is 20.1 Å². The van der Waals surface area contributed by atoms with Crippen molar-refractivity contribution in [1.82, 2.24) is 20.1 Å². The molecule has 42 heavy (non-hydrogen) atoms. The molecule has 2 N–H and O–H groups in total. The average molecular weight is 626 g/mol. The molecule has 5 rings (SSSR count). The highest BCUT2D eigenvalue weighted by molar-refractivity contribution is 7.11. The van der Waals surface area contributed by atoms with Crippen molar-refractivity contribution in [3.63, 3.8) is 0 Å². The van der Waals surface area contributed by atoms with Gasteiger partial charge in [-0.3, -0.25) is 19.5 Å². The molecule has 3 atom stereocenters. The molecule has 0 aliphatic carbocycles. The average Bonchev–Trinajstić information content (AvgIpc) is 3.63. The minimum atomic E-state index is -3.41. The molecule has 1 aromatic carbocycles. The minimum absolute atomic E-state index is 0.0646. The number of amides is 1. The summed E-state index contributed by atoms with van der Waals surface area (Å²) in [5.74, 6) is -8.44. The van der Waals surface area contributed by atoms with Crippen LogP contribution < -0.4 is 5.32 Å². The SMILES string of the molecule is COC(=O)C1=C(CN2CC(F)(F)C3C(=O)N(CC(C)(C)C(=O)O)CC32)NC(c2nccs2)=NC1c1cccc(F)c1Cl. The van der Waals surface area contributed by atoms with Crippen LogP contribution in [-0.4, -0.2) is 88.8 Å². The van der Waals surface area contributed by atoms with Crippen molar-refractivity contribution in [3.8, 4) is 0 Å². The molecule has 3 aliphatic rings. The van der Waals surface area contributed by atoms with E-state index in [1.165, 1.54) is 48.4 Å². The zero-order valence-corrected chi connectivity index (χ0v) is 24.3. The number of hydrogen-bond acceptors (Lipinski definition) is 9. The third-order valence-corrected chi connectivity index (χ3v) is 8.86. The van der Waals surface area contributed by atoms with Gasteiger partial charge in [0, 0.05) is 48.5 Å². The Morgan fingerprint density at radius 3 is 2.71 bits per heavy atom. The summed E-state index contributed by atoms with van der Waals surface area (Å²) in [6.45, 7) is 1.44. The lowest BCUT2D eigenvalue weighted by Gasteiger charge is -2.32. The maximum Gasteiger partial charge on any atom is 0.338 e. The predicted octanol–water partition coefficient (Wildman–Crippen LogP) is 3.34. The van der Waals surface area contributed by atoms with E-state index in [0.717, 1.165) is 18.1 Å². The number of nitrogens with one attached hydrogen (secondary N) is 1. The molecule has 4 heterocycles. The summed E-state index contributed by atoms with van der Waals surface area (Å²) in [5, 5.41) is 14.4. The number of carbonyl (C=O) groups excluding carboxylic acids is 2. The van der Waals surface area contributed by atoms with Crippen LogP contribution >= 0.6 is 22.9 Å². The summed E-state index contributed by atoms with van der Waals surface area (Å²) in [7, 11) is 1.15. The number of carboxylic acid groups (broad SMARTS) is 1. The first-order valence-electron chi connectivity index (χ1n) is 12.9. The number of likely N-dealkylation sites (tertiary alicyclic amines) is 2. The van der Waals surface area contributed by atoms with Gasteiger partial charge in [0.1, 0.15) is 17.8 Å². The molecule has 10 nitrogen and oxygen atoms in total. The molecule has 0 saturated carbocycles. The summed E-state index contributed by atoms with van der Waals surface area (Å²) in [5.41, 5.74) is -1.10. The van der Waals surface area contributed by atoms with E-state index < -0.39 is 59.5 Å². The first-order valence-corrected chi connectivity index (χ1v) is 14.1. The van der Waals surface area contributed by atoms with Gasteiger partial charge in [-0.2, -0.15) is 0 Å². The Morgan fingerprint density at radius 1 is 1.33 bits per heavy atom. The first kappa shape index (κ1) is 30.0. The lowest BCUT2D eigenvalue weighted by molar-refractivity contribution is -0.150. The van der Waals surface area contributed by atoms with Crippen LogP contribution in [0.25, 0.3) is 0 Å². The molecule has 224 valence electrons. The second-order valence-electron chi connectivity index (χ2n) is 11.0. The zero-order chi connectivity index (χ0) is 30.6. The third kappa shape index (κ3) is 5.26. The number of alkyl halides is 2. The maximum absolute atomic E-state index is 15.4. The number of benzene rings is 1. The second kappa shape index (κ2) is 11.0. The number of methoxy groups -OCH3 is 1. The van der Waals surface area contributed by atoms with E-state index in [-0.39, 0.29) is 47.3 Å². The van der Waals surface area contributed by atoms with Gasteiger partial charge in [-0.25, -0.2) is 22.9 Å². The number of aromatic nitrogens is 1. The first-order chi connectivity index (χ1) is 19.7. The Hall–Kier alpha value is -3.49. The molecule has 1 aromatic heterocycles. The molecule has 1 amide bonds. The van der Waals surface area contributed by atoms with Gasteiger partial charge in [0.15, 0.2) is 10.8 Å². The number of fused-ring (bicyclic) bond motifs is 1. The van der Waals surface area contributed by atoms with Crippen LogP contribution in [0.15, 0.2) is 46.0 Å². The number of carbonyl (C=O) groups is 3.